The Bertz CT molecular complexity index is 1570. The molecule has 0 saturated heterocycles. The van der Waals surface area contributed by atoms with Crippen molar-refractivity contribution in [1.29, 1.82) is 0 Å². The van der Waals surface area contributed by atoms with Crippen molar-refractivity contribution in [2.75, 3.05) is 7.11 Å². The number of nitrogens with zero attached hydrogens (tertiary/aromatic N) is 3. The van der Waals surface area contributed by atoms with Gasteiger partial charge in [0.2, 0.25) is 0 Å². The van der Waals surface area contributed by atoms with Gasteiger partial charge in [0, 0.05) is 12.4 Å². The molecule has 0 saturated carbocycles. The van der Waals surface area contributed by atoms with Crippen molar-refractivity contribution in [3.05, 3.63) is 105 Å². The maximum absolute atomic E-state index is 13.8. The highest BCUT2D eigenvalue weighted by Gasteiger charge is 2.21. The molecule has 5 rings (SSSR count). The van der Waals surface area contributed by atoms with Crippen LogP contribution in [0.4, 0.5) is 0 Å². The average Bonchev–Trinajstić information content (AvgIpc) is 3.10. The highest BCUT2D eigenvalue weighted by atomic mass is 16.5. The Hall–Kier alpha value is -4.06. The van der Waals surface area contributed by atoms with Gasteiger partial charge < -0.3 is 9.30 Å². The summed E-state index contributed by atoms with van der Waals surface area (Å²) in [5, 5.41) is 0.809. The monoisotopic (exact) mass is 425 g/mol. The lowest BCUT2D eigenvalue weighted by Gasteiger charge is -2.13. The van der Waals surface area contributed by atoms with Crippen LogP contribution < -0.4 is 16.0 Å². The summed E-state index contributed by atoms with van der Waals surface area (Å²) in [7, 11) is 3.46. The van der Waals surface area contributed by atoms with Crippen molar-refractivity contribution >= 4 is 21.9 Å². The lowest BCUT2D eigenvalue weighted by molar-refractivity contribution is 0.415. The first kappa shape index (κ1) is 19.9. The van der Waals surface area contributed by atoms with Gasteiger partial charge >= 0.3 is 5.69 Å². The summed E-state index contributed by atoms with van der Waals surface area (Å²) >= 11 is 0. The third-order valence-electron chi connectivity index (χ3n) is 5.95. The zero-order valence-electron chi connectivity index (χ0n) is 18.2. The Labute approximate surface area is 184 Å². The molecule has 0 aliphatic carbocycles. The molecule has 0 fully saturated rings. The van der Waals surface area contributed by atoms with E-state index >= 15 is 0 Å². The first-order valence-corrected chi connectivity index (χ1v) is 10.4. The minimum absolute atomic E-state index is 0.339. The summed E-state index contributed by atoms with van der Waals surface area (Å²) in [5.41, 5.74) is 3.92. The third kappa shape index (κ3) is 3.03. The second-order valence-corrected chi connectivity index (χ2v) is 7.97. The number of hydrogen-bond acceptors (Lipinski definition) is 3. The van der Waals surface area contributed by atoms with Crippen molar-refractivity contribution in [1.82, 2.24) is 13.7 Å². The van der Waals surface area contributed by atoms with Crippen LogP contribution in [0, 0.1) is 6.92 Å². The van der Waals surface area contributed by atoms with E-state index in [9.17, 15) is 9.59 Å². The maximum atomic E-state index is 13.8. The fourth-order valence-corrected chi connectivity index (χ4v) is 4.29. The van der Waals surface area contributed by atoms with Crippen LogP contribution in [0.2, 0.25) is 0 Å². The molecule has 5 aromatic rings. The lowest BCUT2D eigenvalue weighted by atomic mass is 10.1. The molecule has 0 unspecified atom stereocenters. The standard InChI is InChI=1S/C26H23N3O3/c1-17-9-11-18(12-10-17)16-28-23-21-15-20(32-3)13-14-22(21)27(2)24(23)25(30)29(26(28)31)19-7-5-4-6-8-19/h4-15H,16H2,1-3H3. The van der Waals surface area contributed by atoms with Crippen molar-refractivity contribution < 1.29 is 4.74 Å². The molecule has 3 aromatic carbocycles. The molecule has 0 radical (unpaired) electrons. The summed E-state index contributed by atoms with van der Waals surface area (Å²) in [6, 6.07) is 22.8. The summed E-state index contributed by atoms with van der Waals surface area (Å²) in [5.74, 6) is 0.673. The molecule has 160 valence electrons. The molecule has 6 heteroatoms. The van der Waals surface area contributed by atoms with Gasteiger partial charge in [0.15, 0.2) is 0 Å². The number of ether oxygens (including phenoxy) is 1. The number of aromatic nitrogens is 3. The predicted molar refractivity (Wildman–Crippen MR) is 127 cm³/mol. The number of hydrogen-bond donors (Lipinski definition) is 0. The van der Waals surface area contributed by atoms with E-state index in [2.05, 4.69) is 0 Å². The second kappa shape index (κ2) is 7.57. The number of methoxy groups -OCH3 is 1. The summed E-state index contributed by atoms with van der Waals surface area (Å²) in [4.78, 5) is 27.4. The van der Waals surface area contributed by atoms with Crippen molar-refractivity contribution in [3.63, 3.8) is 0 Å². The Morgan fingerprint density at radius 3 is 2.28 bits per heavy atom. The van der Waals surface area contributed by atoms with E-state index in [0.29, 0.717) is 29.0 Å². The Morgan fingerprint density at radius 2 is 1.59 bits per heavy atom. The molecule has 0 atom stereocenters. The fourth-order valence-electron chi connectivity index (χ4n) is 4.29. The van der Waals surface area contributed by atoms with E-state index in [0.717, 1.165) is 22.0 Å². The first-order valence-electron chi connectivity index (χ1n) is 10.4. The van der Waals surface area contributed by atoms with E-state index in [4.69, 9.17) is 4.74 Å². The largest absolute Gasteiger partial charge is 0.497 e. The number of benzene rings is 3. The minimum Gasteiger partial charge on any atom is -0.497 e. The van der Waals surface area contributed by atoms with E-state index < -0.39 is 0 Å². The molecule has 0 aliphatic heterocycles. The molecular weight excluding hydrogens is 402 g/mol. The molecule has 0 spiro atoms. The van der Waals surface area contributed by atoms with E-state index in [1.54, 1.807) is 23.8 Å². The van der Waals surface area contributed by atoms with Crippen LogP contribution in [0.15, 0.2) is 82.4 Å². The Kier molecular flexibility index (Phi) is 4.70. The molecule has 0 amide bonds. The smallest absolute Gasteiger partial charge is 0.336 e. The first-order chi connectivity index (χ1) is 15.5. The van der Waals surface area contributed by atoms with Crippen LogP contribution in [0.1, 0.15) is 11.1 Å². The van der Waals surface area contributed by atoms with Crippen LogP contribution in [-0.2, 0) is 13.6 Å². The van der Waals surface area contributed by atoms with Gasteiger partial charge in [-0.05, 0) is 42.8 Å². The quantitative estimate of drug-likeness (QED) is 0.437. The maximum Gasteiger partial charge on any atom is 0.336 e. The summed E-state index contributed by atoms with van der Waals surface area (Å²) in [6.07, 6.45) is 0. The molecule has 2 aromatic heterocycles. The molecule has 32 heavy (non-hydrogen) atoms. The van der Waals surface area contributed by atoms with Gasteiger partial charge in [-0.25, -0.2) is 9.36 Å². The summed E-state index contributed by atoms with van der Waals surface area (Å²) < 4.78 is 10.2. The lowest BCUT2D eigenvalue weighted by Crippen LogP contribution is -2.39. The van der Waals surface area contributed by atoms with Crippen LogP contribution in [0.5, 0.6) is 5.75 Å². The zero-order valence-corrected chi connectivity index (χ0v) is 18.2. The number of rotatable bonds is 4. The fraction of sp³-hybridized carbons (Fsp3) is 0.154. The minimum atomic E-state index is -0.371. The molecule has 0 bridgehead atoms. The SMILES string of the molecule is COc1ccc2c(c1)c1c(c(=O)n(-c3ccccc3)c(=O)n1Cc1ccc(C)cc1)n2C. The molecule has 0 aliphatic rings. The van der Waals surface area contributed by atoms with Gasteiger partial charge in [0.25, 0.3) is 5.56 Å². The highest BCUT2D eigenvalue weighted by Crippen LogP contribution is 2.29. The van der Waals surface area contributed by atoms with Gasteiger partial charge in [-0.2, -0.15) is 0 Å². The van der Waals surface area contributed by atoms with E-state index in [1.807, 2.05) is 79.2 Å². The van der Waals surface area contributed by atoms with Crippen molar-refractivity contribution in [2.45, 2.75) is 13.5 Å². The van der Waals surface area contributed by atoms with Gasteiger partial charge in [0.05, 0.1) is 30.4 Å². The summed E-state index contributed by atoms with van der Waals surface area (Å²) in [6.45, 7) is 2.37. The Balaban J connectivity index is 1.93. The second-order valence-electron chi connectivity index (χ2n) is 7.97. The highest BCUT2D eigenvalue weighted by molar-refractivity contribution is 6.06. The third-order valence-corrected chi connectivity index (χ3v) is 5.95. The average molecular weight is 425 g/mol. The normalized spacial score (nSPS) is 11.3. The van der Waals surface area contributed by atoms with E-state index in [1.165, 1.54) is 4.57 Å². The van der Waals surface area contributed by atoms with Gasteiger partial charge in [0.1, 0.15) is 11.3 Å². The molecule has 6 nitrogen and oxygen atoms in total. The Morgan fingerprint density at radius 1 is 0.875 bits per heavy atom. The molecule has 2 heterocycles. The van der Waals surface area contributed by atoms with Crippen LogP contribution in [-0.4, -0.2) is 20.8 Å². The van der Waals surface area contributed by atoms with Crippen molar-refractivity contribution in [3.8, 4) is 11.4 Å². The van der Waals surface area contributed by atoms with Crippen molar-refractivity contribution in [2.24, 2.45) is 7.05 Å². The van der Waals surface area contributed by atoms with Crippen LogP contribution in [0.25, 0.3) is 27.6 Å². The van der Waals surface area contributed by atoms with Crippen LogP contribution >= 0.6 is 0 Å². The van der Waals surface area contributed by atoms with Gasteiger partial charge in [-0.15, -0.1) is 0 Å². The molecular formula is C26H23N3O3. The zero-order chi connectivity index (χ0) is 22.4. The topological polar surface area (TPSA) is 58.2 Å². The van der Waals surface area contributed by atoms with Crippen LogP contribution in [0.3, 0.4) is 0 Å². The number of fused-ring (bicyclic) bond motifs is 3. The number of aryl methyl sites for hydroxylation is 2. The van der Waals surface area contributed by atoms with Gasteiger partial charge in [-0.3, -0.25) is 9.36 Å². The van der Waals surface area contributed by atoms with Gasteiger partial charge in [-0.1, -0.05) is 48.0 Å². The van der Waals surface area contributed by atoms with E-state index in [-0.39, 0.29) is 11.2 Å². The molecule has 0 N–H and O–H groups in total. The predicted octanol–water partition coefficient (Wildman–Crippen LogP) is 4.01. The number of para-hydroxylation sites is 1.